The SMILES string of the molecule is CCCc1cc(CO)cc(Oc2ccc(Cl)cc2C)n1. The van der Waals surface area contributed by atoms with Gasteiger partial charge in [-0.1, -0.05) is 24.9 Å². The number of nitrogens with zero attached hydrogens (tertiary/aromatic N) is 1. The third-order valence-electron chi connectivity index (χ3n) is 2.95. The molecule has 3 nitrogen and oxygen atoms in total. The largest absolute Gasteiger partial charge is 0.439 e. The molecule has 0 atom stereocenters. The number of hydrogen-bond acceptors (Lipinski definition) is 3. The number of pyridine rings is 1. The first-order valence-corrected chi connectivity index (χ1v) is 7.05. The van der Waals surface area contributed by atoms with Gasteiger partial charge >= 0.3 is 0 Å². The van der Waals surface area contributed by atoms with Gasteiger partial charge in [0.15, 0.2) is 0 Å². The lowest BCUT2D eigenvalue weighted by molar-refractivity contribution is 0.280. The smallest absolute Gasteiger partial charge is 0.219 e. The average molecular weight is 292 g/mol. The molecule has 2 rings (SSSR count). The normalized spacial score (nSPS) is 10.6. The van der Waals surface area contributed by atoms with Crippen LogP contribution in [0.1, 0.15) is 30.2 Å². The molecule has 0 fully saturated rings. The van der Waals surface area contributed by atoms with Crippen molar-refractivity contribution in [1.29, 1.82) is 0 Å². The van der Waals surface area contributed by atoms with Crippen molar-refractivity contribution in [3.8, 4) is 11.6 Å². The zero-order chi connectivity index (χ0) is 14.5. The molecule has 1 heterocycles. The van der Waals surface area contributed by atoms with Crippen LogP contribution >= 0.6 is 11.6 Å². The molecule has 1 N–H and O–H groups in total. The number of aliphatic hydroxyl groups excluding tert-OH is 1. The molecule has 20 heavy (non-hydrogen) atoms. The Morgan fingerprint density at radius 1 is 1.25 bits per heavy atom. The van der Waals surface area contributed by atoms with Crippen molar-refractivity contribution in [2.75, 3.05) is 0 Å². The van der Waals surface area contributed by atoms with Gasteiger partial charge < -0.3 is 9.84 Å². The molecule has 0 spiro atoms. The highest BCUT2D eigenvalue weighted by Crippen LogP contribution is 2.27. The second-order valence-corrected chi connectivity index (χ2v) is 5.16. The summed E-state index contributed by atoms with van der Waals surface area (Å²) in [7, 11) is 0. The summed E-state index contributed by atoms with van der Waals surface area (Å²) in [5.41, 5.74) is 2.69. The summed E-state index contributed by atoms with van der Waals surface area (Å²) in [4.78, 5) is 4.46. The van der Waals surface area contributed by atoms with Crippen LogP contribution in [0.3, 0.4) is 0 Å². The number of ether oxygens (including phenoxy) is 1. The number of aliphatic hydroxyl groups is 1. The Labute approximate surface area is 124 Å². The summed E-state index contributed by atoms with van der Waals surface area (Å²) in [6.07, 6.45) is 1.87. The number of rotatable bonds is 5. The molecule has 1 aromatic carbocycles. The molecule has 1 aromatic heterocycles. The molecule has 0 aliphatic rings. The van der Waals surface area contributed by atoms with Gasteiger partial charge in [-0.2, -0.15) is 0 Å². The number of halogens is 1. The van der Waals surface area contributed by atoms with Gasteiger partial charge in [-0.05, 0) is 48.7 Å². The standard InChI is InChI=1S/C16H18ClNO2/c1-3-4-14-8-12(10-19)9-16(18-14)20-15-6-5-13(17)7-11(15)2/h5-9,19H,3-4,10H2,1-2H3. The predicted molar refractivity (Wildman–Crippen MR) is 80.4 cm³/mol. The first-order chi connectivity index (χ1) is 9.62. The van der Waals surface area contributed by atoms with E-state index in [0.29, 0.717) is 10.9 Å². The van der Waals surface area contributed by atoms with E-state index < -0.39 is 0 Å². The highest BCUT2D eigenvalue weighted by molar-refractivity contribution is 6.30. The third kappa shape index (κ3) is 3.71. The third-order valence-corrected chi connectivity index (χ3v) is 3.19. The minimum absolute atomic E-state index is 0.0187. The van der Waals surface area contributed by atoms with E-state index in [-0.39, 0.29) is 6.61 Å². The molecule has 106 valence electrons. The topological polar surface area (TPSA) is 42.4 Å². The van der Waals surface area contributed by atoms with Gasteiger partial charge in [0.2, 0.25) is 5.88 Å². The quantitative estimate of drug-likeness (QED) is 0.894. The van der Waals surface area contributed by atoms with Crippen LogP contribution in [-0.4, -0.2) is 10.1 Å². The van der Waals surface area contributed by atoms with E-state index in [1.165, 1.54) is 0 Å². The Balaban J connectivity index is 2.29. The predicted octanol–water partition coefficient (Wildman–Crippen LogP) is 4.28. The van der Waals surface area contributed by atoms with Gasteiger partial charge in [0.1, 0.15) is 5.75 Å². The zero-order valence-electron chi connectivity index (χ0n) is 11.7. The molecule has 0 aliphatic carbocycles. The van der Waals surface area contributed by atoms with Crippen molar-refractivity contribution >= 4 is 11.6 Å². The first kappa shape index (κ1) is 14.8. The summed E-state index contributed by atoms with van der Waals surface area (Å²) >= 11 is 5.93. The van der Waals surface area contributed by atoms with Crippen molar-refractivity contribution in [3.05, 3.63) is 52.2 Å². The van der Waals surface area contributed by atoms with Gasteiger partial charge in [0, 0.05) is 16.8 Å². The number of aryl methyl sites for hydroxylation is 2. The number of hydrogen-bond donors (Lipinski definition) is 1. The fourth-order valence-electron chi connectivity index (χ4n) is 1.99. The van der Waals surface area contributed by atoms with Gasteiger partial charge in [-0.25, -0.2) is 4.98 Å². The van der Waals surface area contributed by atoms with Crippen LogP contribution in [0.5, 0.6) is 11.6 Å². The Morgan fingerprint density at radius 2 is 2.05 bits per heavy atom. The van der Waals surface area contributed by atoms with Crippen molar-refractivity contribution in [3.63, 3.8) is 0 Å². The van der Waals surface area contributed by atoms with Crippen LogP contribution in [0.4, 0.5) is 0 Å². The monoisotopic (exact) mass is 291 g/mol. The summed E-state index contributed by atoms with van der Waals surface area (Å²) in [6, 6.07) is 9.12. The molecular formula is C16H18ClNO2. The van der Waals surface area contributed by atoms with Crippen molar-refractivity contribution in [2.45, 2.75) is 33.3 Å². The maximum Gasteiger partial charge on any atom is 0.219 e. The Bertz CT molecular complexity index is 599. The van der Waals surface area contributed by atoms with Gasteiger partial charge in [0.25, 0.3) is 0 Å². The van der Waals surface area contributed by atoms with Gasteiger partial charge in [-0.15, -0.1) is 0 Å². The highest BCUT2D eigenvalue weighted by atomic mass is 35.5. The van der Waals surface area contributed by atoms with Crippen LogP contribution in [0.2, 0.25) is 5.02 Å². The first-order valence-electron chi connectivity index (χ1n) is 6.67. The molecular weight excluding hydrogens is 274 g/mol. The molecule has 4 heteroatoms. The Hall–Kier alpha value is -1.58. The maximum absolute atomic E-state index is 9.31. The van der Waals surface area contributed by atoms with Crippen LogP contribution in [0.15, 0.2) is 30.3 Å². The summed E-state index contributed by atoms with van der Waals surface area (Å²) in [5, 5.41) is 9.99. The second-order valence-electron chi connectivity index (χ2n) is 4.72. The van der Waals surface area contributed by atoms with Crippen molar-refractivity contribution < 1.29 is 9.84 Å². The highest BCUT2D eigenvalue weighted by Gasteiger charge is 2.07. The van der Waals surface area contributed by atoms with E-state index in [1.807, 2.05) is 25.1 Å². The van der Waals surface area contributed by atoms with E-state index in [4.69, 9.17) is 16.3 Å². The lowest BCUT2D eigenvalue weighted by Gasteiger charge is -2.11. The van der Waals surface area contributed by atoms with Gasteiger partial charge in [0.05, 0.1) is 6.61 Å². The molecule has 0 aliphatic heterocycles. The Kier molecular flexibility index (Phi) is 4.99. The summed E-state index contributed by atoms with van der Waals surface area (Å²) < 4.78 is 5.81. The zero-order valence-corrected chi connectivity index (χ0v) is 12.4. The van der Waals surface area contributed by atoms with Gasteiger partial charge in [-0.3, -0.25) is 0 Å². The van der Waals surface area contributed by atoms with Crippen LogP contribution in [0, 0.1) is 6.92 Å². The summed E-state index contributed by atoms with van der Waals surface area (Å²) in [5.74, 6) is 1.23. The van der Waals surface area contributed by atoms with E-state index in [2.05, 4.69) is 11.9 Å². The number of aromatic nitrogens is 1. The van der Waals surface area contributed by atoms with Crippen molar-refractivity contribution in [1.82, 2.24) is 4.98 Å². The van der Waals surface area contributed by atoms with Crippen molar-refractivity contribution in [2.24, 2.45) is 0 Å². The molecule has 0 saturated carbocycles. The second kappa shape index (κ2) is 6.73. The van der Waals surface area contributed by atoms with Crippen LogP contribution in [-0.2, 0) is 13.0 Å². The van der Waals surface area contributed by atoms with E-state index in [9.17, 15) is 5.11 Å². The molecule has 0 bridgehead atoms. The van der Waals surface area contributed by atoms with E-state index in [0.717, 1.165) is 35.4 Å². The lowest BCUT2D eigenvalue weighted by Crippen LogP contribution is -1.97. The number of benzene rings is 1. The Morgan fingerprint density at radius 3 is 2.70 bits per heavy atom. The fraction of sp³-hybridized carbons (Fsp3) is 0.312. The minimum atomic E-state index is -0.0187. The van der Waals surface area contributed by atoms with Crippen LogP contribution in [0.25, 0.3) is 0 Å². The molecule has 0 saturated heterocycles. The van der Waals surface area contributed by atoms with E-state index in [1.54, 1.807) is 12.1 Å². The molecule has 0 unspecified atom stereocenters. The van der Waals surface area contributed by atoms with E-state index >= 15 is 0 Å². The minimum Gasteiger partial charge on any atom is -0.439 e. The van der Waals surface area contributed by atoms with Crippen LogP contribution < -0.4 is 4.74 Å². The fourth-order valence-corrected chi connectivity index (χ4v) is 2.21. The lowest BCUT2D eigenvalue weighted by atomic mass is 10.2. The molecule has 2 aromatic rings. The summed E-state index contributed by atoms with van der Waals surface area (Å²) in [6.45, 7) is 4.01. The molecule has 0 amide bonds. The maximum atomic E-state index is 9.31. The molecule has 0 radical (unpaired) electrons. The average Bonchev–Trinajstić information content (AvgIpc) is 2.42.